The summed E-state index contributed by atoms with van der Waals surface area (Å²) in [4.78, 5) is 0. The van der Waals surface area contributed by atoms with Crippen molar-refractivity contribution in [3.63, 3.8) is 0 Å². The van der Waals surface area contributed by atoms with Crippen molar-refractivity contribution < 1.29 is 9.47 Å². The Hall–Kier alpha value is -0.520. The fraction of sp³-hybridized carbons (Fsp3) is 0.750. The van der Waals surface area contributed by atoms with Crippen LogP contribution in [0.2, 0.25) is 0 Å². The summed E-state index contributed by atoms with van der Waals surface area (Å²) in [7, 11) is 0. The molecule has 10 heavy (non-hydrogen) atoms. The first-order valence-electron chi connectivity index (χ1n) is 3.37. The third kappa shape index (κ3) is 1.31. The van der Waals surface area contributed by atoms with Crippen LogP contribution in [-0.2, 0) is 9.47 Å². The van der Waals surface area contributed by atoms with Crippen molar-refractivity contribution in [1.29, 1.82) is 0 Å². The molecule has 1 heterocycles. The maximum Gasteiger partial charge on any atom is 0.165 e. The SMILES string of the molecule is C#C[C@@H]1OC(C)(C)O[C@H]1C. The lowest BCUT2D eigenvalue weighted by atomic mass is 10.2. The fourth-order valence-electron chi connectivity index (χ4n) is 1.11. The Morgan fingerprint density at radius 3 is 2.20 bits per heavy atom. The van der Waals surface area contributed by atoms with Crippen LogP contribution in [0.3, 0.4) is 0 Å². The molecule has 0 amide bonds. The largest absolute Gasteiger partial charge is 0.344 e. The van der Waals surface area contributed by atoms with Crippen LogP contribution >= 0.6 is 0 Å². The summed E-state index contributed by atoms with van der Waals surface area (Å²) in [6, 6.07) is 0. The summed E-state index contributed by atoms with van der Waals surface area (Å²) in [5, 5.41) is 0. The highest BCUT2D eigenvalue weighted by atomic mass is 16.7. The maximum atomic E-state index is 5.39. The van der Waals surface area contributed by atoms with E-state index in [-0.39, 0.29) is 12.2 Å². The molecule has 2 nitrogen and oxygen atoms in total. The van der Waals surface area contributed by atoms with Crippen LogP contribution in [0.1, 0.15) is 20.8 Å². The second kappa shape index (κ2) is 2.26. The molecule has 2 heteroatoms. The van der Waals surface area contributed by atoms with Crippen molar-refractivity contribution in [1.82, 2.24) is 0 Å². The predicted octanol–water partition coefficient (Wildman–Crippen LogP) is 1.16. The molecule has 0 unspecified atom stereocenters. The zero-order valence-corrected chi connectivity index (χ0v) is 6.55. The third-order valence-electron chi connectivity index (χ3n) is 1.47. The summed E-state index contributed by atoms with van der Waals surface area (Å²) < 4.78 is 10.7. The Morgan fingerprint density at radius 2 is 2.00 bits per heavy atom. The molecule has 2 atom stereocenters. The van der Waals surface area contributed by atoms with Crippen molar-refractivity contribution in [3.05, 3.63) is 0 Å². The number of hydrogen-bond donors (Lipinski definition) is 0. The molecule has 0 bridgehead atoms. The van der Waals surface area contributed by atoms with Gasteiger partial charge in [0.15, 0.2) is 5.79 Å². The molecule has 0 N–H and O–H groups in total. The normalized spacial score (nSPS) is 37.4. The lowest BCUT2D eigenvalue weighted by molar-refractivity contribution is -0.140. The summed E-state index contributed by atoms with van der Waals surface area (Å²) in [5.74, 6) is 2.02. The second-order valence-corrected chi connectivity index (χ2v) is 2.93. The average Bonchev–Trinajstić information content (AvgIpc) is 2.05. The number of terminal acetylenes is 1. The van der Waals surface area contributed by atoms with Gasteiger partial charge in [-0.2, -0.15) is 0 Å². The van der Waals surface area contributed by atoms with Gasteiger partial charge in [-0.1, -0.05) is 5.92 Å². The predicted molar refractivity (Wildman–Crippen MR) is 38.3 cm³/mol. The lowest BCUT2D eigenvalue weighted by Crippen LogP contribution is -2.20. The van der Waals surface area contributed by atoms with Gasteiger partial charge in [-0.15, -0.1) is 6.42 Å². The minimum atomic E-state index is -0.504. The Morgan fingerprint density at radius 1 is 1.40 bits per heavy atom. The van der Waals surface area contributed by atoms with Crippen LogP contribution in [0.5, 0.6) is 0 Å². The quantitative estimate of drug-likeness (QED) is 0.470. The average molecular weight is 140 g/mol. The smallest absolute Gasteiger partial charge is 0.165 e. The molecule has 56 valence electrons. The van der Waals surface area contributed by atoms with Crippen molar-refractivity contribution in [2.75, 3.05) is 0 Å². The topological polar surface area (TPSA) is 18.5 Å². The van der Waals surface area contributed by atoms with Gasteiger partial charge in [0.25, 0.3) is 0 Å². The van der Waals surface area contributed by atoms with Crippen LogP contribution in [-0.4, -0.2) is 18.0 Å². The second-order valence-electron chi connectivity index (χ2n) is 2.93. The molecule has 0 aromatic heterocycles. The van der Waals surface area contributed by atoms with Crippen LogP contribution < -0.4 is 0 Å². The first-order valence-corrected chi connectivity index (χ1v) is 3.37. The third-order valence-corrected chi connectivity index (χ3v) is 1.47. The number of rotatable bonds is 0. The standard InChI is InChI=1S/C8H12O2/c1-5-7-6(2)9-8(3,4)10-7/h1,6-7H,2-4H3/t6-,7-/m0/s1. The van der Waals surface area contributed by atoms with Gasteiger partial charge < -0.3 is 9.47 Å². The molecule has 0 aromatic rings. The highest BCUT2D eigenvalue weighted by Gasteiger charge is 2.37. The molecule has 1 fully saturated rings. The Bertz CT molecular complexity index is 167. The fourth-order valence-corrected chi connectivity index (χ4v) is 1.11. The van der Waals surface area contributed by atoms with Gasteiger partial charge in [-0.25, -0.2) is 0 Å². The molecule has 1 aliphatic heterocycles. The zero-order valence-electron chi connectivity index (χ0n) is 6.55. The Labute approximate surface area is 61.5 Å². The van der Waals surface area contributed by atoms with Crippen LogP contribution in [0.25, 0.3) is 0 Å². The highest BCUT2D eigenvalue weighted by molar-refractivity contribution is 5.01. The molecule has 0 aliphatic carbocycles. The van der Waals surface area contributed by atoms with E-state index < -0.39 is 5.79 Å². The minimum absolute atomic E-state index is 0.0139. The van der Waals surface area contributed by atoms with E-state index in [9.17, 15) is 0 Å². The summed E-state index contributed by atoms with van der Waals surface area (Å²) in [6.45, 7) is 5.64. The van der Waals surface area contributed by atoms with Crippen LogP contribution in [0.4, 0.5) is 0 Å². The molecule has 0 radical (unpaired) electrons. The molecule has 1 rings (SSSR count). The van der Waals surface area contributed by atoms with Crippen molar-refractivity contribution in [2.45, 2.75) is 38.8 Å². The van der Waals surface area contributed by atoms with E-state index in [0.717, 1.165) is 0 Å². The van der Waals surface area contributed by atoms with Crippen LogP contribution in [0.15, 0.2) is 0 Å². The number of ether oxygens (including phenoxy) is 2. The highest BCUT2D eigenvalue weighted by Crippen LogP contribution is 2.26. The summed E-state index contributed by atoms with van der Waals surface area (Å²) in [6.07, 6.45) is 5.02. The number of hydrogen-bond acceptors (Lipinski definition) is 2. The molecule has 1 aliphatic rings. The minimum Gasteiger partial charge on any atom is -0.344 e. The first kappa shape index (κ1) is 7.59. The van der Waals surface area contributed by atoms with E-state index in [1.54, 1.807) is 0 Å². The van der Waals surface area contributed by atoms with E-state index in [1.807, 2.05) is 20.8 Å². The van der Waals surface area contributed by atoms with Gasteiger partial charge in [-0.05, 0) is 20.8 Å². The molecule has 0 spiro atoms. The molecular weight excluding hydrogens is 128 g/mol. The summed E-state index contributed by atoms with van der Waals surface area (Å²) >= 11 is 0. The molecular formula is C8H12O2. The van der Waals surface area contributed by atoms with Gasteiger partial charge in [0.05, 0.1) is 6.10 Å². The van der Waals surface area contributed by atoms with Crippen LogP contribution in [0, 0.1) is 12.3 Å². The van der Waals surface area contributed by atoms with Gasteiger partial charge in [0.2, 0.25) is 0 Å². The Kier molecular flexibility index (Phi) is 1.72. The molecule has 0 saturated carbocycles. The summed E-state index contributed by atoms with van der Waals surface area (Å²) in [5.41, 5.74) is 0. The van der Waals surface area contributed by atoms with E-state index >= 15 is 0 Å². The van der Waals surface area contributed by atoms with Gasteiger partial charge >= 0.3 is 0 Å². The van der Waals surface area contributed by atoms with E-state index in [2.05, 4.69) is 5.92 Å². The molecule has 1 saturated heterocycles. The van der Waals surface area contributed by atoms with E-state index in [1.165, 1.54) is 0 Å². The maximum absolute atomic E-state index is 5.39. The van der Waals surface area contributed by atoms with E-state index in [4.69, 9.17) is 15.9 Å². The van der Waals surface area contributed by atoms with Gasteiger partial charge in [0.1, 0.15) is 6.10 Å². The Balaban J connectivity index is 2.63. The monoisotopic (exact) mass is 140 g/mol. The zero-order chi connectivity index (χ0) is 7.78. The van der Waals surface area contributed by atoms with Gasteiger partial charge in [0, 0.05) is 0 Å². The van der Waals surface area contributed by atoms with Crippen molar-refractivity contribution in [2.24, 2.45) is 0 Å². The van der Waals surface area contributed by atoms with Crippen molar-refractivity contribution in [3.8, 4) is 12.3 Å². The first-order chi connectivity index (χ1) is 4.55. The van der Waals surface area contributed by atoms with Crippen molar-refractivity contribution >= 4 is 0 Å². The van der Waals surface area contributed by atoms with Gasteiger partial charge in [-0.3, -0.25) is 0 Å². The van der Waals surface area contributed by atoms with E-state index in [0.29, 0.717) is 0 Å². The lowest BCUT2D eigenvalue weighted by Gasteiger charge is -2.15. The molecule has 0 aromatic carbocycles.